The molecular weight excluding hydrogens is 500 g/mol. The number of carbonyl (C=O) groups is 1. The van der Waals surface area contributed by atoms with Crippen molar-refractivity contribution in [2.75, 3.05) is 19.7 Å². The highest BCUT2D eigenvalue weighted by atomic mass is 19.4. The largest absolute Gasteiger partial charge is 0.416 e. The molecule has 1 unspecified atom stereocenters. The van der Waals surface area contributed by atoms with E-state index < -0.39 is 46.7 Å². The molecule has 2 aromatic rings. The van der Waals surface area contributed by atoms with Crippen molar-refractivity contribution in [3.8, 4) is 0 Å². The first-order valence-electron chi connectivity index (χ1n) is 12.0. The summed E-state index contributed by atoms with van der Waals surface area (Å²) in [7, 11) is 0. The van der Waals surface area contributed by atoms with Gasteiger partial charge in [0.25, 0.3) is 0 Å². The number of rotatable bonds is 6. The van der Waals surface area contributed by atoms with Gasteiger partial charge in [-0.15, -0.1) is 0 Å². The Labute approximate surface area is 211 Å². The minimum absolute atomic E-state index is 0.0441. The molecule has 0 radical (unpaired) electrons. The van der Waals surface area contributed by atoms with E-state index in [0.29, 0.717) is 38.1 Å². The number of fused-ring (bicyclic) bond motifs is 2. The van der Waals surface area contributed by atoms with Gasteiger partial charge in [0, 0.05) is 6.54 Å². The van der Waals surface area contributed by atoms with E-state index in [9.17, 15) is 31.1 Å². The van der Waals surface area contributed by atoms with Crippen LogP contribution >= 0.6 is 0 Å². The van der Waals surface area contributed by atoms with Crippen molar-refractivity contribution >= 4 is 6.03 Å². The van der Waals surface area contributed by atoms with E-state index in [1.807, 2.05) is 30.3 Å². The number of ether oxygens (including phenoxy) is 1. The number of urea groups is 1. The van der Waals surface area contributed by atoms with E-state index in [1.165, 1.54) is 6.92 Å². The molecule has 2 fully saturated rings. The lowest BCUT2D eigenvalue weighted by Crippen LogP contribution is -2.68. The third-order valence-corrected chi connectivity index (χ3v) is 7.55. The molecule has 2 saturated heterocycles. The zero-order valence-corrected chi connectivity index (χ0v) is 20.3. The molecule has 2 aromatic carbocycles. The highest BCUT2D eigenvalue weighted by Gasteiger charge is 2.51. The third kappa shape index (κ3) is 5.72. The van der Waals surface area contributed by atoms with Gasteiger partial charge in [-0.2, -0.15) is 26.3 Å². The summed E-state index contributed by atoms with van der Waals surface area (Å²) in [5.41, 5.74) is 2.24. The van der Waals surface area contributed by atoms with Crippen LogP contribution in [0.5, 0.6) is 0 Å². The Morgan fingerprint density at radius 1 is 1.03 bits per heavy atom. The molecule has 3 N–H and O–H groups in total. The van der Waals surface area contributed by atoms with Crippen LogP contribution in [0.15, 0.2) is 48.5 Å². The van der Waals surface area contributed by atoms with Crippen LogP contribution in [0.3, 0.4) is 0 Å². The van der Waals surface area contributed by atoms with Crippen molar-refractivity contribution < 1.29 is 35.9 Å². The van der Waals surface area contributed by atoms with Crippen LogP contribution in [-0.2, 0) is 22.6 Å². The Balaban J connectivity index is 1.64. The van der Waals surface area contributed by atoms with E-state index in [2.05, 4.69) is 10.2 Å². The number of nitrogens with two attached hydrogens (primary N) is 1. The molecule has 2 bridgehead atoms. The molecule has 2 aliphatic heterocycles. The summed E-state index contributed by atoms with van der Waals surface area (Å²) >= 11 is 0. The van der Waals surface area contributed by atoms with Gasteiger partial charge in [-0.05, 0) is 68.5 Å². The molecule has 0 aliphatic carbocycles. The molecule has 0 spiro atoms. The maximum absolute atomic E-state index is 13.4. The number of benzene rings is 2. The summed E-state index contributed by atoms with van der Waals surface area (Å²) in [5, 5.41) is 2.89. The number of halogens is 6. The fraction of sp³-hybridized carbons (Fsp3) is 0.500. The van der Waals surface area contributed by atoms with E-state index in [1.54, 1.807) is 0 Å². The minimum Gasteiger partial charge on any atom is -0.372 e. The molecule has 2 heterocycles. The predicted molar refractivity (Wildman–Crippen MR) is 124 cm³/mol. The van der Waals surface area contributed by atoms with Gasteiger partial charge in [0.05, 0.1) is 34.9 Å². The summed E-state index contributed by atoms with van der Waals surface area (Å²) in [4.78, 5) is 13.9. The lowest BCUT2D eigenvalue weighted by molar-refractivity contribution is -0.143. The highest BCUT2D eigenvalue weighted by molar-refractivity contribution is 5.72. The number of primary amides is 1. The maximum Gasteiger partial charge on any atom is 0.416 e. The molecule has 5 nitrogen and oxygen atoms in total. The molecular formula is C26H29F6N3O2. The number of nitrogens with one attached hydrogen (secondary N) is 1. The molecule has 2 amide bonds. The Morgan fingerprint density at radius 2 is 1.65 bits per heavy atom. The first-order chi connectivity index (χ1) is 17.2. The van der Waals surface area contributed by atoms with E-state index in [0.717, 1.165) is 18.4 Å². The summed E-state index contributed by atoms with van der Waals surface area (Å²) in [6.07, 6.45) is -8.21. The Bertz CT molecular complexity index is 1090. The van der Waals surface area contributed by atoms with Crippen LogP contribution in [-0.4, -0.2) is 36.2 Å². The van der Waals surface area contributed by atoms with E-state index >= 15 is 0 Å². The first kappa shape index (κ1) is 27.3. The van der Waals surface area contributed by atoms with Crippen LogP contribution in [0.2, 0.25) is 0 Å². The minimum atomic E-state index is -4.94. The maximum atomic E-state index is 13.4. The lowest BCUT2D eigenvalue weighted by Gasteiger charge is -2.57. The van der Waals surface area contributed by atoms with Gasteiger partial charge in [-0.3, -0.25) is 4.90 Å². The number of hydrogen-bond acceptors (Lipinski definition) is 3. The molecule has 0 aromatic heterocycles. The topological polar surface area (TPSA) is 67.6 Å². The Kier molecular flexibility index (Phi) is 7.24. The second kappa shape index (κ2) is 9.83. The van der Waals surface area contributed by atoms with Crippen molar-refractivity contribution in [1.82, 2.24) is 10.2 Å². The van der Waals surface area contributed by atoms with Crippen molar-refractivity contribution in [3.63, 3.8) is 0 Å². The van der Waals surface area contributed by atoms with Gasteiger partial charge < -0.3 is 15.8 Å². The summed E-state index contributed by atoms with van der Waals surface area (Å²) < 4.78 is 86.3. The van der Waals surface area contributed by atoms with Crippen molar-refractivity contribution in [2.24, 2.45) is 5.73 Å². The molecule has 202 valence electrons. The van der Waals surface area contributed by atoms with Crippen LogP contribution in [0.1, 0.15) is 61.0 Å². The van der Waals surface area contributed by atoms with Gasteiger partial charge in [-0.25, -0.2) is 4.79 Å². The number of alkyl halides is 6. The normalized spacial score (nSPS) is 26.9. The van der Waals surface area contributed by atoms with Gasteiger partial charge in [0.15, 0.2) is 0 Å². The van der Waals surface area contributed by atoms with Crippen molar-refractivity contribution in [3.05, 3.63) is 70.8 Å². The van der Waals surface area contributed by atoms with Crippen LogP contribution in [0, 0.1) is 0 Å². The standard InChI is InChI=1S/C26H29F6N3O2/c1-17(18-12-20(25(27,28)29)14-21(13-18)26(30,31)32)37-16-24(19-6-3-2-4-7-19)10-9-23(34-22(33)36)8-5-11-35(24)15-23/h2-4,6-7,12-14,17H,5,8-11,15-16H2,1H3,(H3,33,34,36)/t17-,23+,24-/m1/s1. The number of hydrogen-bond donors (Lipinski definition) is 2. The van der Waals surface area contributed by atoms with E-state index in [4.69, 9.17) is 10.5 Å². The predicted octanol–water partition coefficient (Wildman–Crippen LogP) is 5.99. The SMILES string of the molecule is C[C@@H](OC[C@@]1(c2ccccc2)CC[C@@]2(NC(N)=O)CCCN1C2)c1cc(C(F)(F)F)cc(C(F)(F)F)c1. The number of nitrogens with zero attached hydrogens (tertiary/aromatic N) is 1. The summed E-state index contributed by atoms with van der Waals surface area (Å²) in [6.45, 7) is 2.69. The summed E-state index contributed by atoms with van der Waals surface area (Å²) in [5.74, 6) is 0. The number of carbonyl (C=O) groups excluding carboxylic acids is 1. The second-order valence-electron chi connectivity index (χ2n) is 9.98. The second-order valence-corrected chi connectivity index (χ2v) is 9.98. The van der Waals surface area contributed by atoms with Crippen molar-refractivity contribution in [1.29, 1.82) is 0 Å². The fourth-order valence-corrected chi connectivity index (χ4v) is 5.63. The van der Waals surface area contributed by atoms with Crippen LogP contribution in [0.25, 0.3) is 0 Å². The number of amides is 2. The quantitative estimate of drug-likeness (QED) is 0.452. The third-order valence-electron chi connectivity index (χ3n) is 7.55. The van der Waals surface area contributed by atoms with Gasteiger partial charge in [-0.1, -0.05) is 30.3 Å². The molecule has 37 heavy (non-hydrogen) atoms. The summed E-state index contributed by atoms with van der Waals surface area (Å²) in [6, 6.07) is 10.4. The monoisotopic (exact) mass is 529 g/mol. The molecule has 11 heteroatoms. The zero-order valence-electron chi connectivity index (χ0n) is 20.3. The van der Waals surface area contributed by atoms with E-state index in [-0.39, 0.29) is 18.2 Å². The molecule has 4 atom stereocenters. The van der Waals surface area contributed by atoms with Crippen molar-refractivity contribution in [2.45, 2.75) is 62.1 Å². The molecule has 4 rings (SSSR count). The van der Waals surface area contributed by atoms with Crippen LogP contribution in [0.4, 0.5) is 31.1 Å². The Morgan fingerprint density at radius 3 is 2.22 bits per heavy atom. The lowest BCUT2D eigenvalue weighted by atomic mass is 9.70. The highest BCUT2D eigenvalue weighted by Crippen LogP contribution is 2.46. The molecule has 2 aliphatic rings. The average molecular weight is 530 g/mol. The zero-order chi connectivity index (χ0) is 27.1. The fourth-order valence-electron chi connectivity index (χ4n) is 5.63. The number of piperidine rings is 2. The van der Waals surface area contributed by atoms with Gasteiger partial charge in [0.1, 0.15) is 0 Å². The Hall–Kier alpha value is -2.79. The first-order valence-corrected chi connectivity index (χ1v) is 12.0. The van der Waals surface area contributed by atoms with Gasteiger partial charge in [0.2, 0.25) is 0 Å². The smallest absolute Gasteiger partial charge is 0.372 e. The average Bonchev–Trinajstić information content (AvgIpc) is 2.82. The van der Waals surface area contributed by atoms with Gasteiger partial charge >= 0.3 is 18.4 Å². The van der Waals surface area contributed by atoms with Crippen LogP contribution < -0.4 is 11.1 Å². The molecule has 0 saturated carbocycles.